The number of rotatable bonds is 5. The Morgan fingerprint density at radius 1 is 0.417 bits per heavy atom. The van der Waals surface area contributed by atoms with E-state index in [1.54, 1.807) is 0 Å². The van der Waals surface area contributed by atoms with Crippen LogP contribution in [0.25, 0.3) is 111 Å². The fraction of sp³-hybridized carbons (Fsp3) is 0. The van der Waals surface area contributed by atoms with Gasteiger partial charge in [0.2, 0.25) is 0 Å². The molecule has 60 heavy (non-hydrogen) atoms. The normalized spacial score (nSPS) is 12.3. The third-order valence-corrected chi connectivity index (χ3v) is 12.9. The molecule has 1 aliphatic heterocycles. The van der Waals surface area contributed by atoms with Crippen LogP contribution in [0.15, 0.2) is 202 Å². The van der Waals surface area contributed by atoms with Gasteiger partial charge in [-0.3, -0.25) is 9.13 Å². The Hall–Kier alpha value is -7.74. The largest absolute Gasteiger partial charge is 0.456 e. The lowest BCUT2D eigenvalue weighted by Gasteiger charge is -2.21. The van der Waals surface area contributed by atoms with Crippen molar-refractivity contribution in [1.29, 1.82) is 0 Å². The molecule has 0 saturated heterocycles. The Morgan fingerprint density at radius 2 is 1.03 bits per heavy atom. The highest BCUT2D eigenvalue weighted by atomic mass is 32.2. The van der Waals surface area contributed by atoms with Crippen molar-refractivity contribution in [3.63, 3.8) is 0 Å². The summed E-state index contributed by atoms with van der Waals surface area (Å²) in [4.78, 5) is 17.9. The van der Waals surface area contributed by atoms with Crippen LogP contribution >= 0.6 is 11.8 Å². The van der Waals surface area contributed by atoms with Crippen LogP contribution in [0.3, 0.4) is 0 Å². The molecule has 0 aliphatic carbocycles. The van der Waals surface area contributed by atoms with Gasteiger partial charge in [-0.1, -0.05) is 151 Å². The summed E-state index contributed by atoms with van der Waals surface area (Å²) in [6.45, 7) is 0. The fourth-order valence-electron chi connectivity index (χ4n) is 9.14. The fourth-order valence-corrected chi connectivity index (χ4v) is 10.2. The van der Waals surface area contributed by atoms with Crippen molar-refractivity contribution in [2.24, 2.45) is 0 Å². The van der Waals surface area contributed by atoms with Gasteiger partial charge in [0, 0.05) is 59.1 Å². The van der Waals surface area contributed by atoms with Crippen LogP contribution in [-0.2, 0) is 0 Å². The number of benzene rings is 8. The van der Waals surface area contributed by atoms with Gasteiger partial charge in [0.25, 0.3) is 0 Å². The van der Waals surface area contributed by atoms with Gasteiger partial charge in [-0.2, -0.15) is 0 Å². The molecule has 0 fully saturated rings. The molecule has 0 unspecified atom stereocenters. The monoisotopic (exact) mass is 785 g/mol. The van der Waals surface area contributed by atoms with E-state index in [0.717, 1.165) is 66.6 Å². The maximum atomic E-state index is 6.21. The quantitative estimate of drug-likeness (QED) is 0.174. The number of aromatic nitrogens is 5. The van der Waals surface area contributed by atoms with E-state index in [1.165, 1.54) is 37.2 Å². The lowest BCUT2D eigenvalue weighted by atomic mass is 9.98. The summed E-state index contributed by atoms with van der Waals surface area (Å²) in [5.41, 5.74) is 12.5. The lowest BCUT2D eigenvalue weighted by molar-refractivity contribution is 0.669. The average molecular weight is 786 g/mol. The van der Waals surface area contributed by atoms with Crippen LogP contribution in [0.1, 0.15) is 0 Å². The minimum Gasteiger partial charge on any atom is -0.456 e. The molecular weight excluding hydrogens is 755 g/mol. The third-order valence-electron chi connectivity index (χ3n) is 11.8. The number of hydrogen-bond acceptors (Lipinski definition) is 5. The zero-order valence-corrected chi connectivity index (χ0v) is 32.8. The lowest BCUT2D eigenvalue weighted by Crippen LogP contribution is -2.06. The Morgan fingerprint density at radius 3 is 1.90 bits per heavy atom. The highest BCUT2D eigenvalue weighted by Crippen LogP contribution is 2.49. The van der Waals surface area contributed by atoms with Crippen molar-refractivity contribution >= 4 is 66.5 Å². The minimum absolute atomic E-state index is 0.609. The summed E-state index contributed by atoms with van der Waals surface area (Å²) in [5, 5.41) is 5.95. The van der Waals surface area contributed by atoms with E-state index in [0.29, 0.717) is 17.5 Å². The van der Waals surface area contributed by atoms with E-state index < -0.39 is 0 Å². The van der Waals surface area contributed by atoms with Crippen molar-refractivity contribution < 1.29 is 4.42 Å². The Kier molecular flexibility index (Phi) is 7.14. The van der Waals surface area contributed by atoms with Crippen LogP contribution in [-0.4, -0.2) is 24.1 Å². The van der Waals surface area contributed by atoms with Crippen LogP contribution in [0, 0.1) is 0 Å². The number of furan rings is 1. The predicted octanol–water partition coefficient (Wildman–Crippen LogP) is 13.9. The Labute approximate surface area is 348 Å². The summed E-state index contributed by atoms with van der Waals surface area (Å²) in [7, 11) is 0. The first-order valence-corrected chi connectivity index (χ1v) is 20.8. The van der Waals surface area contributed by atoms with E-state index in [2.05, 4.69) is 149 Å². The molecule has 0 atom stereocenters. The Bertz CT molecular complexity index is 3690. The first kappa shape index (κ1) is 33.3. The molecule has 0 amide bonds. The van der Waals surface area contributed by atoms with Crippen LogP contribution in [0.5, 0.6) is 0 Å². The zero-order valence-electron chi connectivity index (χ0n) is 32.0. The second-order valence-corrected chi connectivity index (χ2v) is 16.3. The van der Waals surface area contributed by atoms with Gasteiger partial charge in [0.15, 0.2) is 17.5 Å². The van der Waals surface area contributed by atoms with Crippen molar-refractivity contribution in [2.45, 2.75) is 9.79 Å². The minimum atomic E-state index is 0.609. The highest BCUT2D eigenvalue weighted by molar-refractivity contribution is 7.99. The summed E-state index contributed by atoms with van der Waals surface area (Å²) >= 11 is 1.84. The molecule has 0 saturated carbocycles. The molecule has 0 bridgehead atoms. The van der Waals surface area contributed by atoms with Gasteiger partial charge in [-0.15, -0.1) is 0 Å². The van der Waals surface area contributed by atoms with Crippen molar-refractivity contribution in [1.82, 2.24) is 24.1 Å². The van der Waals surface area contributed by atoms with Crippen molar-refractivity contribution in [2.75, 3.05) is 0 Å². The molecule has 6 nitrogen and oxygen atoms in total. The van der Waals surface area contributed by atoms with Crippen molar-refractivity contribution in [3.8, 4) is 56.7 Å². The van der Waals surface area contributed by atoms with Crippen LogP contribution in [0.2, 0.25) is 0 Å². The Balaban J connectivity index is 0.985. The smallest absolute Gasteiger partial charge is 0.164 e. The molecule has 4 aromatic heterocycles. The first-order valence-electron chi connectivity index (χ1n) is 20.0. The SMILES string of the molecule is c1ccc(-c2nc(-c3ccc(-c4cccc5oc6ccccc6c45)cc3)nc(-c3cccc(-n4c5ccccc5c5c6cccc7c6n(c54)-c4ccccc4S7)c3)n2)cc1. The van der Waals surface area contributed by atoms with Gasteiger partial charge in [0.05, 0.1) is 16.7 Å². The van der Waals surface area contributed by atoms with E-state index in [-0.39, 0.29) is 0 Å². The van der Waals surface area contributed by atoms with Gasteiger partial charge in [0.1, 0.15) is 16.8 Å². The molecule has 1 aliphatic rings. The van der Waals surface area contributed by atoms with Gasteiger partial charge in [-0.25, -0.2) is 15.0 Å². The molecule has 12 aromatic rings. The standard InChI is InChI=1S/C53H31N5OS/c1-2-13-33(14-3-1)50-54-51(34-29-27-32(28-30-34)37-19-11-24-44-47(37)39-18-5-8-23-43(39)59-44)56-52(55-50)35-15-10-16-36(31-35)57-41-21-6-4-17-38(41)48-40-20-12-26-46-49(40)58(53(48)57)42-22-7-9-25-45(42)60-46/h1-31H. The molecule has 0 radical (unpaired) electrons. The van der Waals surface area contributed by atoms with E-state index >= 15 is 0 Å². The van der Waals surface area contributed by atoms with Gasteiger partial charge >= 0.3 is 0 Å². The van der Waals surface area contributed by atoms with E-state index in [9.17, 15) is 0 Å². The number of fused-ring (bicyclic) bond motifs is 10. The molecular formula is C53H31N5OS. The zero-order chi connectivity index (χ0) is 39.3. The highest BCUT2D eigenvalue weighted by Gasteiger charge is 2.28. The number of nitrogens with zero attached hydrogens (tertiary/aromatic N) is 5. The summed E-state index contributed by atoms with van der Waals surface area (Å²) < 4.78 is 11.1. The second kappa shape index (κ2) is 12.9. The maximum Gasteiger partial charge on any atom is 0.164 e. The summed E-state index contributed by atoms with van der Waals surface area (Å²) in [6.07, 6.45) is 0. The summed E-state index contributed by atoms with van der Waals surface area (Å²) in [6, 6.07) is 65.9. The van der Waals surface area contributed by atoms with E-state index in [4.69, 9.17) is 19.4 Å². The second-order valence-electron chi connectivity index (χ2n) is 15.2. The molecule has 0 spiro atoms. The average Bonchev–Trinajstić information content (AvgIpc) is 3.98. The molecule has 5 heterocycles. The van der Waals surface area contributed by atoms with Gasteiger partial charge < -0.3 is 4.42 Å². The molecule has 280 valence electrons. The van der Waals surface area contributed by atoms with Crippen molar-refractivity contribution in [3.05, 3.63) is 188 Å². The number of hydrogen-bond donors (Lipinski definition) is 0. The maximum absolute atomic E-state index is 6.21. The predicted molar refractivity (Wildman–Crippen MR) is 244 cm³/mol. The first-order chi connectivity index (χ1) is 29.7. The topological polar surface area (TPSA) is 61.7 Å². The summed E-state index contributed by atoms with van der Waals surface area (Å²) in [5.74, 6) is 1.84. The van der Waals surface area contributed by atoms with Crippen LogP contribution < -0.4 is 0 Å². The van der Waals surface area contributed by atoms with Gasteiger partial charge in [-0.05, 0) is 59.7 Å². The molecule has 8 aromatic carbocycles. The third kappa shape index (κ3) is 4.93. The van der Waals surface area contributed by atoms with Crippen LogP contribution in [0.4, 0.5) is 0 Å². The van der Waals surface area contributed by atoms with E-state index in [1.807, 2.05) is 60.3 Å². The number of para-hydroxylation sites is 4. The molecule has 7 heteroatoms. The molecule has 13 rings (SSSR count). The molecule has 0 N–H and O–H groups in total.